The zero-order valence-corrected chi connectivity index (χ0v) is 17.8. The molecular weight excluding hydrogens is 413 g/mol. The van der Waals surface area contributed by atoms with Crippen molar-refractivity contribution in [3.63, 3.8) is 0 Å². The third kappa shape index (κ3) is 4.62. The number of thiocarbonyl (C=S) groups is 1. The first-order chi connectivity index (χ1) is 14.9. The SMILES string of the molecule is CC(C)c1ccc2oc(-c3ccc(NC(=S)NC(=O)c4ccccc4F)cc3)nc2c1. The van der Waals surface area contributed by atoms with Gasteiger partial charge in [0, 0.05) is 11.3 Å². The molecule has 3 aromatic carbocycles. The summed E-state index contributed by atoms with van der Waals surface area (Å²) in [6, 6.07) is 19.0. The fraction of sp³-hybridized carbons (Fsp3) is 0.125. The molecule has 2 N–H and O–H groups in total. The number of halogens is 1. The molecule has 0 bridgehead atoms. The van der Waals surface area contributed by atoms with Crippen LogP contribution in [0.15, 0.2) is 71.1 Å². The summed E-state index contributed by atoms with van der Waals surface area (Å²) < 4.78 is 19.6. The van der Waals surface area contributed by atoms with E-state index in [2.05, 4.69) is 29.5 Å². The monoisotopic (exact) mass is 433 g/mol. The molecule has 0 unspecified atom stereocenters. The highest BCUT2D eigenvalue weighted by Crippen LogP contribution is 2.27. The van der Waals surface area contributed by atoms with Crippen molar-refractivity contribution in [3.05, 3.63) is 83.7 Å². The topological polar surface area (TPSA) is 67.2 Å². The van der Waals surface area contributed by atoms with Crippen LogP contribution < -0.4 is 10.6 Å². The molecule has 156 valence electrons. The number of anilines is 1. The number of carbonyl (C=O) groups excluding carboxylic acids is 1. The number of carbonyl (C=O) groups is 1. The van der Waals surface area contributed by atoms with Crippen LogP contribution in [0, 0.1) is 5.82 Å². The smallest absolute Gasteiger partial charge is 0.260 e. The van der Waals surface area contributed by atoms with Gasteiger partial charge in [0.25, 0.3) is 5.91 Å². The molecule has 0 saturated heterocycles. The average molecular weight is 434 g/mol. The maximum absolute atomic E-state index is 13.7. The zero-order chi connectivity index (χ0) is 22.0. The van der Waals surface area contributed by atoms with Crippen molar-refractivity contribution in [1.82, 2.24) is 10.3 Å². The van der Waals surface area contributed by atoms with Crippen LogP contribution in [-0.4, -0.2) is 16.0 Å². The third-order valence-electron chi connectivity index (χ3n) is 4.81. The van der Waals surface area contributed by atoms with Gasteiger partial charge in [0.2, 0.25) is 5.89 Å². The minimum absolute atomic E-state index is 0.0708. The standard InChI is InChI=1S/C24H20FN3O2S/c1-14(2)16-9-12-21-20(13-16)27-23(30-21)15-7-10-17(11-8-15)26-24(31)28-22(29)18-5-3-4-6-19(18)25/h3-14H,1-2H3,(H2,26,28,29,31). The highest BCUT2D eigenvalue weighted by molar-refractivity contribution is 7.80. The van der Waals surface area contributed by atoms with Crippen LogP contribution in [0.25, 0.3) is 22.6 Å². The highest BCUT2D eigenvalue weighted by Gasteiger charge is 2.13. The molecule has 7 heteroatoms. The minimum Gasteiger partial charge on any atom is -0.436 e. The largest absolute Gasteiger partial charge is 0.436 e. The Kier molecular flexibility index (Phi) is 5.77. The molecule has 0 radical (unpaired) electrons. The molecular formula is C24H20FN3O2S. The van der Waals surface area contributed by atoms with E-state index in [-0.39, 0.29) is 10.7 Å². The minimum atomic E-state index is -0.612. The van der Waals surface area contributed by atoms with Gasteiger partial charge in [-0.25, -0.2) is 9.37 Å². The maximum atomic E-state index is 13.7. The van der Waals surface area contributed by atoms with Crippen molar-refractivity contribution in [2.75, 3.05) is 5.32 Å². The van der Waals surface area contributed by atoms with E-state index in [1.54, 1.807) is 18.2 Å². The second-order valence-electron chi connectivity index (χ2n) is 7.37. The van der Waals surface area contributed by atoms with E-state index in [9.17, 15) is 9.18 Å². The molecule has 0 spiro atoms. The van der Waals surface area contributed by atoms with Crippen molar-refractivity contribution >= 4 is 40.0 Å². The van der Waals surface area contributed by atoms with E-state index in [0.717, 1.165) is 16.7 Å². The first-order valence-electron chi connectivity index (χ1n) is 9.78. The molecule has 31 heavy (non-hydrogen) atoms. The number of nitrogens with zero attached hydrogens (tertiary/aromatic N) is 1. The number of rotatable bonds is 4. The average Bonchev–Trinajstić information content (AvgIpc) is 3.17. The van der Waals surface area contributed by atoms with Crippen molar-refractivity contribution in [3.8, 4) is 11.5 Å². The van der Waals surface area contributed by atoms with E-state index >= 15 is 0 Å². The van der Waals surface area contributed by atoms with E-state index in [1.165, 1.54) is 23.8 Å². The third-order valence-corrected chi connectivity index (χ3v) is 5.02. The van der Waals surface area contributed by atoms with Crippen LogP contribution in [0.2, 0.25) is 0 Å². The van der Waals surface area contributed by atoms with Crippen molar-refractivity contribution in [2.45, 2.75) is 19.8 Å². The fourth-order valence-corrected chi connectivity index (χ4v) is 3.31. The summed E-state index contributed by atoms with van der Waals surface area (Å²) >= 11 is 5.16. The lowest BCUT2D eigenvalue weighted by molar-refractivity contribution is 0.0974. The fourth-order valence-electron chi connectivity index (χ4n) is 3.10. The van der Waals surface area contributed by atoms with Gasteiger partial charge in [0.1, 0.15) is 11.3 Å². The van der Waals surface area contributed by atoms with Gasteiger partial charge in [-0.3, -0.25) is 10.1 Å². The number of hydrogen-bond acceptors (Lipinski definition) is 4. The maximum Gasteiger partial charge on any atom is 0.260 e. The highest BCUT2D eigenvalue weighted by atomic mass is 32.1. The molecule has 4 rings (SSSR count). The lowest BCUT2D eigenvalue weighted by atomic mass is 10.0. The number of nitrogens with one attached hydrogen (secondary N) is 2. The number of amides is 1. The normalized spacial score (nSPS) is 11.0. The first kappa shape index (κ1) is 20.7. The Morgan fingerprint density at radius 3 is 2.52 bits per heavy atom. The molecule has 0 atom stereocenters. The number of benzene rings is 3. The van der Waals surface area contributed by atoms with Crippen LogP contribution in [0.1, 0.15) is 35.7 Å². The molecule has 0 aliphatic rings. The van der Waals surface area contributed by atoms with Gasteiger partial charge in [-0.05, 0) is 72.2 Å². The van der Waals surface area contributed by atoms with E-state index < -0.39 is 11.7 Å². The van der Waals surface area contributed by atoms with Crippen LogP contribution in [0.3, 0.4) is 0 Å². The van der Waals surface area contributed by atoms with Gasteiger partial charge in [0.05, 0.1) is 5.56 Å². The second-order valence-corrected chi connectivity index (χ2v) is 7.77. The summed E-state index contributed by atoms with van der Waals surface area (Å²) in [5, 5.41) is 5.46. The Bertz CT molecular complexity index is 1270. The lowest BCUT2D eigenvalue weighted by Gasteiger charge is -2.10. The molecule has 1 aromatic heterocycles. The molecule has 0 aliphatic carbocycles. The molecule has 0 fully saturated rings. The molecule has 5 nitrogen and oxygen atoms in total. The van der Waals surface area contributed by atoms with Crippen molar-refractivity contribution in [1.29, 1.82) is 0 Å². The molecule has 0 saturated carbocycles. The summed E-state index contributed by atoms with van der Waals surface area (Å²) in [6.07, 6.45) is 0. The Hall–Kier alpha value is -3.58. The van der Waals surface area contributed by atoms with Crippen LogP contribution in [0.4, 0.5) is 10.1 Å². The van der Waals surface area contributed by atoms with Crippen LogP contribution >= 0.6 is 12.2 Å². The zero-order valence-electron chi connectivity index (χ0n) is 17.0. The molecule has 0 aliphatic heterocycles. The summed E-state index contributed by atoms with van der Waals surface area (Å²) in [5.74, 6) is -0.277. The van der Waals surface area contributed by atoms with E-state index in [1.807, 2.05) is 30.3 Å². The summed E-state index contributed by atoms with van der Waals surface area (Å²) in [4.78, 5) is 16.7. The van der Waals surface area contributed by atoms with Crippen LogP contribution in [-0.2, 0) is 0 Å². The quantitative estimate of drug-likeness (QED) is 0.393. The van der Waals surface area contributed by atoms with Gasteiger partial charge in [-0.15, -0.1) is 0 Å². The molecule has 1 amide bonds. The van der Waals surface area contributed by atoms with Gasteiger partial charge in [0.15, 0.2) is 10.7 Å². The number of fused-ring (bicyclic) bond motifs is 1. The number of oxazole rings is 1. The van der Waals surface area contributed by atoms with Crippen molar-refractivity contribution in [2.24, 2.45) is 0 Å². The van der Waals surface area contributed by atoms with E-state index in [4.69, 9.17) is 16.6 Å². The predicted octanol–water partition coefficient (Wildman–Crippen LogP) is 5.88. The number of hydrogen-bond donors (Lipinski definition) is 2. The predicted molar refractivity (Wildman–Crippen MR) is 124 cm³/mol. The first-order valence-corrected chi connectivity index (χ1v) is 10.2. The van der Waals surface area contributed by atoms with Gasteiger partial charge in [-0.2, -0.15) is 0 Å². The Morgan fingerprint density at radius 1 is 1.06 bits per heavy atom. The summed E-state index contributed by atoms with van der Waals surface area (Å²) in [7, 11) is 0. The van der Waals surface area contributed by atoms with Gasteiger partial charge in [-0.1, -0.05) is 32.0 Å². The lowest BCUT2D eigenvalue weighted by Crippen LogP contribution is -2.34. The summed E-state index contributed by atoms with van der Waals surface area (Å²) in [5.41, 5.74) is 4.17. The van der Waals surface area contributed by atoms with Gasteiger partial charge < -0.3 is 9.73 Å². The summed E-state index contributed by atoms with van der Waals surface area (Å²) in [6.45, 7) is 4.27. The molecule has 4 aromatic rings. The Labute approximate surface area is 184 Å². The van der Waals surface area contributed by atoms with Crippen molar-refractivity contribution < 1.29 is 13.6 Å². The van der Waals surface area contributed by atoms with Gasteiger partial charge >= 0.3 is 0 Å². The van der Waals surface area contributed by atoms with Crippen LogP contribution in [0.5, 0.6) is 0 Å². The van der Waals surface area contributed by atoms with E-state index in [0.29, 0.717) is 17.5 Å². The molecule has 1 heterocycles. The second kappa shape index (κ2) is 8.65. The Balaban J connectivity index is 1.44. The number of aromatic nitrogens is 1. The Morgan fingerprint density at radius 2 is 1.81 bits per heavy atom.